The molecule has 1 aliphatic rings. The van der Waals surface area contributed by atoms with Crippen molar-refractivity contribution in [3.8, 4) is 0 Å². The number of hydrogen-bond donors (Lipinski definition) is 0. The van der Waals surface area contributed by atoms with E-state index < -0.39 is 0 Å². The Morgan fingerprint density at radius 2 is 2.17 bits per heavy atom. The molecule has 23 heavy (non-hydrogen) atoms. The summed E-state index contributed by atoms with van der Waals surface area (Å²) >= 11 is 5.70. The number of pyridine rings is 1. The topological polar surface area (TPSA) is 25.2 Å². The van der Waals surface area contributed by atoms with Gasteiger partial charge in [0.15, 0.2) is 5.43 Å². The maximum Gasteiger partial charge on any atom is 0.189 e. The van der Waals surface area contributed by atoms with Crippen LogP contribution in [0.1, 0.15) is 26.2 Å². The highest BCUT2D eigenvalue weighted by Gasteiger charge is 2.18. The normalized spacial score (nSPS) is 19.8. The predicted octanol–water partition coefficient (Wildman–Crippen LogP) is 4.33. The molecule has 0 saturated carbocycles. The van der Waals surface area contributed by atoms with Gasteiger partial charge in [-0.15, -0.1) is 0 Å². The third-order valence-electron chi connectivity index (χ3n) is 4.41. The molecule has 1 aliphatic heterocycles. The monoisotopic (exact) mass is 394 g/mol. The molecule has 1 aromatic carbocycles. The van der Waals surface area contributed by atoms with E-state index in [4.69, 9.17) is 0 Å². The lowest BCUT2D eigenvalue weighted by Gasteiger charge is -2.26. The van der Waals surface area contributed by atoms with Crippen molar-refractivity contribution >= 4 is 38.6 Å². The zero-order valence-electron chi connectivity index (χ0n) is 13.5. The summed E-state index contributed by atoms with van der Waals surface area (Å²) in [6, 6.07) is 7.54. The van der Waals surface area contributed by atoms with Crippen molar-refractivity contribution < 1.29 is 0 Å². The highest BCUT2D eigenvalue weighted by Crippen LogP contribution is 2.25. The van der Waals surface area contributed by atoms with Gasteiger partial charge in [-0.05, 0) is 53.2 Å². The highest BCUT2D eigenvalue weighted by molar-refractivity contribution is 9.10. The van der Waals surface area contributed by atoms with E-state index in [1.54, 1.807) is 6.07 Å². The lowest BCUT2D eigenvalue weighted by Crippen LogP contribution is -2.32. The maximum absolute atomic E-state index is 12.1. The molecule has 0 spiro atoms. The second-order valence-electron chi connectivity index (χ2n) is 6.08. The first-order valence-corrected chi connectivity index (χ1v) is 10.1. The minimum Gasteiger partial charge on any atom is -0.333 e. The van der Waals surface area contributed by atoms with E-state index in [0.717, 1.165) is 40.4 Å². The van der Waals surface area contributed by atoms with Crippen LogP contribution in [-0.2, 0) is 6.67 Å². The smallest absolute Gasteiger partial charge is 0.189 e. The van der Waals surface area contributed by atoms with Crippen LogP contribution in [0.4, 0.5) is 0 Å². The van der Waals surface area contributed by atoms with Crippen LogP contribution in [0.25, 0.3) is 10.9 Å². The van der Waals surface area contributed by atoms with Gasteiger partial charge in [0.2, 0.25) is 0 Å². The van der Waals surface area contributed by atoms with Gasteiger partial charge in [0.05, 0.1) is 12.2 Å². The summed E-state index contributed by atoms with van der Waals surface area (Å²) in [4.78, 5) is 14.6. The van der Waals surface area contributed by atoms with Gasteiger partial charge in [0.25, 0.3) is 0 Å². The number of benzene rings is 1. The Morgan fingerprint density at radius 3 is 3.00 bits per heavy atom. The molecular formula is C18H23BrN2OS. The Labute approximate surface area is 150 Å². The molecule has 0 N–H and O–H groups in total. The van der Waals surface area contributed by atoms with Crippen molar-refractivity contribution in [3.05, 3.63) is 45.2 Å². The summed E-state index contributed by atoms with van der Waals surface area (Å²) in [5.74, 6) is 1.19. The lowest BCUT2D eigenvalue weighted by molar-refractivity contribution is 0.232. The van der Waals surface area contributed by atoms with Gasteiger partial charge in [0.1, 0.15) is 0 Å². The molecule has 1 atom stereocenters. The van der Waals surface area contributed by atoms with E-state index in [1.165, 1.54) is 25.0 Å². The summed E-state index contributed by atoms with van der Waals surface area (Å²) < 4.78 is 3.20. The molecule has 124 valence electrons. The first-order valence-electron chi connectivity index (χ1n) is 8.30. The number of hydrogen-bond acceptors (Lipinski definition) is 3. The van der Waals surface area contributed by atoms with Crippen LogP contribution in [0.3, 0.4) is 0 Å². The Balaban J connectivity index is 1.89. The fourth-order valence-electron chi connectivity index (χ4n) is 3.34. The number of nitrogens with zero attached hydrogens (tertiary/aromatic N) is 2. The Hall–Kier alpha value is -0.780. The summed E-state index contributed by atoms with van der Waals surface area (Å²) in [5, 5.41) is 1.52. The molecule has 0 bridgehead atoms. The number of aromatic nitrogens is 1. The third-order valence-corrected chi connectivity index (χ3v) is 6.24. The number of para-hydroxylation sites is 1. The summed E-state index contributed by atoms with van der Waals surface area (Å²) in [5.41, 5.74) is 1.09. The average Bonchev–Trinajstić information content (AvgIpc) is 2.76. The predicted molar refractivity (Wildman–Crippen MR) is 103 cm³/mol. The fraction of sp³-hybridized carbons (Fsp3) is 0.500. The molecule has 5 heteroatoms. The Morgan fingerprint density at radius 1 is 1.30 bits per heavy atom. The zero-order chi connectivity index (χ0) is 16.2. The molecule has 1 fully saturated rings. The van der Waals surface area contributed by atoms with Crippen LogP contribution in [0.5, 0.6) is 0 Å². The van der Waals surface area contributed by atoms with E-state index in [-0.39, 0.29) is 5.43 Å². The SMILES string of the molecule is CCSC1CCCCN(Cn2ccc(=O)c3cccc(Br)c32)C1. The third kappa shape index (κ3) is 4.01. The van der Waals surface area contributed by atoms with Gasteiger partial charge in [-0.1, -0.05) is 19.4 Å². The van der Waals surface area contributed by atoms with Crippen LogP contribution in [-0.4, -0.2) is 33.6 Å². The minimum atomic E-state index is 0.0906. The van der Waals surface area contributed by atoms with E-state index in [0.29, 0.717) is 0 Å². The number of fused-ring (bicyclic) bond motifs is 1. The van der Waals surface area contributed by atoms with E-state index >= 15 is 0 Å². The number of likely N-dealkylation sites (tertiary alicyclic amines) is 1. The van der Waals surface area contributed by atoms with Crippen LogP contribution in [0.2, 0.25) is 0 Å². The van der Waals surface area contributed by atoms with Crippen molar-refractivity contribution in [2.24, 2.45) is 0 Å². The van der Waals surface area contributed by atoms with Gasteiger partial charge in [-0.25, -0.2) is 0 Å². The summed E-state index contributed by atoms with van der Waals surface area (Å²) in [6.07, 6.45) is 5.84. The molecule has 0 aliphatic carbocycles. The standard InChI is InChI=1S/C18H23BrN2OS/c1-2-23-14-6-3-4-10-20(12-14)13-21-11-9-17(22)15-7-5-8-16(19)18(15)21/h5,7-9,11,14H,2-4,6,10,12-13H2,1H3. The van der Waals surface area contributed by atoms with Gasteiger partial charge in [-0.2, -0.15) is 11.8 Å². The van der Waals surface area contributed by atoms with Crippen LogP contribution in [0, 0.1) is 0 Å². The molecule has 0 radical (unpaired) electrons. The first-order chi connectivity index (χ1) is 11.2. The number of rotatable bonds is 4. The molecule has 2 heterocycles. The van der Waals surface area contributed by atoms with E-state index in [2.05, 4.69) is 44.1 Å². The first kappa shape index (κ1) is 17.1. The summed E-state index contributed by atoms with van der Waals surface area (Å²) in [6.45, 7) is 5.36. The lowest BCUT2D eigenvalue weighted by atomic mass is 10.2. The van der Waals surface area contributed by atoms with Gasteiger partial charge >= 0.3 is 0 Å². The van der Waals surface area contributed by atoms with Crippen molar-refractivity contribution in [2.45, 2.75) is 38.1 Å². The Kier molecular flexibility index (Phi) is 5.83. The van der Waals surface area contributed by atoms with Crippen molar-refractivity contribution in [2.75, 3.05) is 18.8 Å². The number of halogens is 1. The van der Waals surface area contributed by atoms with Crippen molar-refractivity contribution in [3.63, 3.8) is 0 Å². The molecule has 3 nitrogen and oxygen atoms in total. The van der Waals surface area contributed by atoms with Crippen molar-refractivity contribution in [1.82, 2.24) is 9.47 Å². The van der Waals surface area contributed by atoms with E-state index in [9.17, 15) is 4.79 Å². The average molecular weight is 395 g/mol. The van der Waals surface area contributed by atoms with E-state index in [1.807, 2.05) is 24.4 Å². The number of thioether (sulfide) groups is 1. The van der Waals surface area contributed by atoms with Crippen LogP contribution < -0.4 is 5.43 Å². The Bertz CT molecular complexity index is 731. The fourth-order valence-corrected chi connectivity index (χ4v) is 5.05. The molecule has 0 amide bonds. The van der Waals surface area contributed by atoms with Gasteiger partial charge < -0.3 is 4.57 Å². The molecule has 1 saturated heterocycles. The molecule has 1 aromatic heterocycles. The molecule has 1 unspecified atom stereocenters. The van der Waals surface area contributed by atoms with Crippen molar-refractivity contribution in [1.29, 1.82) is 0 Å². The zero-order valence-corrected chi connectivity index (χ0v) is 15.9. The molecule has 2 aromatic rings. The second-order valence-corrected chi connectivity index (χ2v) is 8.51. The molecular weight excluding hydrogens is 372 g/mol. The van der Waals surface area contributed by atoms with Crippen LogP contribution in [0.15, 0.2) is 39.7 Å². The summed E-state index contributed by atoms with van der Waals surface area (Å²) in [7, 11) is 0. The van der Waals surface area contributed by atoms with Gasteiger partial charge in [-0.3, -0.25) is 9.69 Å². The van der Waals surface area contributed by atoms with Gasteiger partial charge in [0, 0.05) is 33.9 Å². The largest absolute Gasteiger partial charge is 0.333 e. The minimum absolute atomic E-state index is 0.0906. The highest BCUT2D eigenvalue weighted by atomic mass is 79.9. The quantitative estimate of drug-likeness (QED) is 0.771. The maximum atomic E-state index is 12.1. The van der Waals surface area contributed by atoms with Crippen LogP contribution >= 0.6 is 27.7 Å². The second kappa shape index (κ2) is 7.86. The molecule has 3 rings (SSSR count).